The van der Waals surface area contributed by atoms with Crippen molar-refractivity contribution in [3.63, 3.8) is 0 Å². The van der Waals surface area contributed by atoms with E-state index in [4.69, 9.17) is 9.47 Å². The van der Waals surface area contributed by atoms with E-state index in [0.29, 0.717) is 38.2 Å². The number of hydrogen-bond acceptors (Lipinski definition) is 4. The number of methoxy groups -OCH3 is 1. The van der Waals surface area contributed by atoms with Gasteiger partial charge in [-0.15, -0.1) is 0 Å². The van der Waals surface area contributed by atoms with Gasteiger partial charge in [-0.1, -0.05) is 26.7 Å². The van der Waals surface area contributed by atoms with Crippen LogP contribution in [0.3, 0.4) is 0 Å². The summed E-state index contributed by atoms with van der Waals surface area (Å²) >= 11 is 0. The van der Waals surface area contributed by atoms with Gasteiger partial charge in [0.15, 0.2) is 0 Å². The lowest BCUT2D eigenvalue weighted by Crippen LogP contribution is -2.44. The normalized spacial score (nSPS) is 27.2. The number of carbonyl (C=O) groups excluding carboxylic acids is 1. The van der Waals surface area contributed by atoms with Gasteiger partial charge in [0.25, 0.3) is 0 Å². The van der Waals surface area contributed by atoms with Crippen LogP contribution in [0.2, 0.25) is 0 Å². The van der Waals surface area contributed by atoms with E-state index in [0.717, 1.165) is 0 Å². The number of rotatable bonds is 8. The quantitative estimate of drug-likeness (QED) is 0.692. The molecular formula is C16H30N2O3. The molecule has 2 fully saturated rings. The topological polar surface area (TPSA) is 50.8 Å². The van der Waals surface area contributed by atoms with Crippen LogP contribution in [0.15, 0.2) is 0 Å². The second kappa shape index (κ2) is 8.11. The minimum absolute atomic E-state index is 0.0328. The maximum absolute atomic E-state index is 12.6. The monoisotopic (exact) mass is 298 g/mol. The highest BCUT2D eigenvalue weighted by atomic mass is 16.5. The molecule has 0 spiro atoms. The third-order valence-corrected chi connectivity index (χ3v) is 4.66. The van der Waals surface area contributed by atoms with E-state index in [2.05, 4.69) is 19.2 Å². The smallest absolute Gasteiger partial charge is 0.241 e. The Morgan fingerprint density at radius 2 is 1.95 bits per heavy atom. The van der Waals surface area contributed by atoms with Crippen molar-refractivity contribution in [2.24, 2.45) is 11.8 Å². The largest absolute Gasteiger partial charge is 0.382 e. The van der Waals surface area contributed by atoms with E-state index in [1.807, 2.05) is 4.90 Å². The maximum Gasteiger partial charge on any atom is 0.241 e. The molecule has 21 heavy (non-hydrogen) atoms. The Labute approximate surface area is 128 Å². The average Bonchev–Trinajstić information content (AvgIpc) is 3.07. The fourth-order valence-corrected chi connectivity index (χ4v) is 3.46. The number of nitrogens with zero attached hydrogens (tertiary/aromatic N) is 1. The Bertz CT molecular complexity index is 329. The van der Waals surface area contributed by atoms with Crippen molar-refractivity contribution in [1.82, 2.24) is 10.2 Å². The highest BCUT2D eigenvalue weighted by Gasteiger charge is 2.43. The predicted molar refractivity (Wildman–Crippen MR) is 81.9 cm³/mol. The first-order valence-corrected chi connectivity index (χ1v) is 8.28. The van der Waals surface area contributed by atoms with Crippen molar-refractivity contribution in [3.8, 4) is 0 Å². The Morgan fingerprint density at radius 1 is 1.24 bits per heavy atom. The highest BCUT2D eigenvalue weighted by Crippen LogP contribution is 2.32. The Kier molecular flexibility index (Phi) is 6.45. The Morgan fingerprint density at radius 3 is 2.57 bits per heavy atom. The molecule has 1 aliphatic carbocycles. The number of ether oxygens (including phenoxy) is 2. The molecule has 1 aliphatic heterocycles. The molecule has 2 aliphatic rings. The summed E-state index contributed by atoms with van der Waals surface area (Å²) < 4.78 is 10.5. The Balaban J connectivity index is 1.90. The van der Waals surface area contributed by atoms with Crippen LogP contribution in [0.4, 0.5) is 0 Å². The van der Waals surface area contributed by atoms with Crippen molar-refractivity contribution < 1.29 is 14.3 Å². The van der Waals surface area contributed by atoms with Crippen molar-refractivity contribution in [3.05, 3.63) is 0 Å². The van der Waals surface area contributed by atoms with Crippen LogP contribution in [-0.2, 0) is 14.3 Å². The van der Waals surface area contributed by atoms with Gasteiger partial charge in [-0.2, -0.15) is 0 Å². The Hall–Kier alpha value is -0.650. The third kappa shape index (κ3) is 4.18. The van der Waals surface area contributed by atoms with E-state index in [9.17, 15) is 4.79 Å². The molecular weight excluding hydrogens is 268 g/mol. The predicted octanol–water partition coefficient (Wildman–Crippen LogP) is 1.62. The molecule has 1 saturated heterocycles. The minimum Gasteiger partial charge on any atom is -0.382 e. The molecule has 0 aromatic carbocycles. The molecule has 1 N–H and O–H groups in total. The van der Waals surface area contributed by atoms with Crippen LogP contribution in [0.25, 0.3) is 0 Å². The van der Waals surface area contributed by atoms with Gasteiger partial charge in [-0.3, -0.25) is 10.1 Å². The van der Waals surface area contributed by atoms with Gasteiger partial charge in [0.1, 0.15) is 0 Å². The molecule has 122 valence electrons. The summed E-state index contributed by atoms with van der Waals surface area (Å²) in [7, 11) is 1.67. The lowest BCUT2D eigenvalue weighted by Gasteiger charge is -2.28. The fraction of sp³-hybridized carbons (Fsp3) is 0.938. The molecule has 0 bridgehead atoms. The highest BCUT2D eigenvalue weighted by molar-refractivity contribution is 5.84. The van der Waals surface area contributed by atoms with E-state index < -0.39 is 0 Å². The minimum atomic E-state index is -0.0328. The zero-order valence-electron chi connectivity index (χ0n) is 13.6. The summed E-state index contributed by atoms with van der Waals surface area (Å²) in [5.41, 5.74) is 0. The van der Waals surface area contributed by atoms with Crippen LogP contribution in [0.5, 0.6) is 0 Å². The number of carbonyl (C=O) groups is 1. The standard InChI is InChI=1S/C16H30N2O3/c1-12(2)14-16(19)18(8-9-21-11-10-20-3)15(17-14)13-6-4-5-7-13/h12-15,17H,4-11H2,1-3H3. The van der Waals surface area contributed by atoms with Gasteiger partial charge in [-0.05, 0) is 24.7 Å². The summed E-state index contributed by atoms with van der Waals surface area (Å²) in [6, 6.07) is -0.0328. The second-order valence-corrected chi connectivity index (χ2v) is 6.51. The van der Waals surface area contributed by atoms with Crippen LogP contribution in [-0.4, -0.2) is 56.5 Å². The van der Waals surface area contributed by atoms with E-state index >= 15 is 0 Å². The lowest BCUT2D eigenvalue weighted by atomic mass is 10.0. The molecule has 1 amide bonds. The first kappa shape index (κ1) is 16.7. The van der Waals surface area contributed by atoms with Gasteiger partial charge < -0.3 is 14.4 Å². The van der Waals surface area contributed by atoms with E-state index in [1.54, 1.807) is 7.11 Å². The average molecular weight is 298 g/mol. The number of amides is 1. The van der Waals surface area contributed by atoms with Crippen molar-refractivity contribution in [1.29, 1.82) is 0 Å². The van der Waals surface area contributed by atoms with Gasteiger partial charge in [0.05, 0.1) is 32.0 Å². The van der Waals surface area contributed by atoms with Crippen LogP contribution >= 0.6 is 0 Å². The first-order chi connectivity index (χ1) is 10.1. The summed E-state index contributed by atoms with van der Waals surface area (Å²) in [5.74, 6) is 1.19. The summed E-state index contributed by atoms with van der Waals surface area (Å²) in [5, 5.41) is 3.58. The SMILES string of the molecule is COCCOCCN1C(=O)C(C(C)C)NC1C1CCCC1. The maximum atomic E-state index is 12.6. The van der Waals surface area contributed by atoms with Gasteiger partial charge in [-0.25, -0.2) is 0 Å². The van der Waals surface area contributed by atoms with Gasteiger partial charge in [0, 0.05) is 13.7 Å². The number of hydrogen-bond donors (Lipinski definition) is 1. The zero-order valence-corrected chi connectivity index (χ0v) is 13.6. The summed E-state index contributed by atoms with van der Waals surface area (Å²) in [4.78, 5) is 14.6. The molecule has 0 aromatic rings. The van der Waals surface area contributed by atoms with Crippen LogP contribution in [0, 0.1) is 11.8 Å². The molecule has 2 atom stereocenters. The summed E-state index contributed by atoms with van der Waals surface area (Å²) in [6.07, 6.45) is 5.26. The van der Waals surface area contributed by atoms with Crippen LogP contribution in [0.1, 0.15) is 39.5 Å². The van der Waals surface area contributed by atoms with Crippen molar-refractivity contribution in [2.75, 3.05) is 33.5 Å². The van der Waals surface area contributed by atoms with Gasteiger partial charge >= 0.3 is 0 Å². The zero-order chi connectivity index (χ0) is 15.2. The second-order valence-electron chi connectivity index (χ2n) is 6.51. The van der Waals surface area contributed by atoms with Crippen LogP contribution < -0.4 is 5.32 Å². The third-order valence-electron chi connectivity index (χ3n) is 4.66. The van der Waals surface area contributed by atoms with Crippen molar-refractivity contribution in [2.45, 2.75) is 51.7 Å². The molecule has 0 aromatic heterocycles. The molecule has 2 unspecified atom stereocenters. The molecule has 1 saturated carbocycles. The molecule has 5 nitrogen and oxygen atoms in total. The lowest BCUT2D eigenvalue weighted by molar-refractivity contribution is -0.132. The number of nitrogens with one attached hydrogen (secondary N) is 1. The van der Waals surface area contributed by atoms with Gasteiger partial charge in [0.2, 0.25) is 5.91 Å². The molecule has 1 heterocycles. The molecule has 5 heteroatoms. The van der Waals surface area contributed by atoms with E-state index in [1.165, 1.54) is 25.7 Å². The molecule has 0 radical (unpaired) electrons. The molecule has 2 rings (SSSR count). The first-order valence-electron chi connectivity index (χ1n) is 8.28. The summed E-state index contributed by atoms with van der Waals surface area (Å²) in [6.45, 7) is 6.69. The van der Waals surface area contributed by atoms with Crippen molar-refractivity contribution >= 4 is 5.91 Å². The fourth-order valence-electron chi connectivity index (χ4n) is 3.46. The van der Waals surface area contributed by atoms with E-state index in [-0.39, 0.29) is 18.1 Å².